The smallest absolute Gasteiger partial charge is 0.338 e. The van der Waals surface area contributed by atoms with Crippen LogP contribution in [-0.2, 0) is 17.1 Å². The van der Waals surface area contributed by atoms with E-state index in [1.165, 1.54) is 4.90 Å². The van der Waals surface area contributed by atoms with Crippen molar-refractivity contribution in [2.45, 2.75) is 63.6 Å². The second-order valence-electron chi connectivity index (χ2n) is 10.8. The molecule has 1 saturated carbocycles. The minimum atomic E-state index is -5.05. The topological polar surface area (TPSA) is 43.9 Å². The van der Waals surface area contributed by atoms with Crippen LogP contribution in [0.2, 0.25) is 0 Å². The first-order valence-electron chi connectivity index (χ1n) is 13.0. The van der Waals surface area contributed by atoms with Crippen LogP contribution in [0.4, 0.5) is 32.0 Å². The van der Waals surface area contributed by atoms with Gasteiger partial charge in [0.2, 0.25) is 5.91 Å². The maximum absolute atomic E-state index is 13.9. The van der Waals surface area contributed by atoms with Crippen LogP contribution in [0.15, 0.2) is 42.5 Å². The van der Waals surface area contributed by atoms with E-state index in [0.29, 0.717) is 24.6 Å². The number of carbonyl (C=O) groups excluding carboxylic acids is 2. The van der Waals surface area contributed by atoms with E-state index >= 15 is 0 Å². The summed E-state index contributed by atoms with van der Waals surface area (Å²) in [6.07, 6.45) is -7.79. The van der Waals surface area contributed by atoms with Crippen molar-refractivity contribution in [1.29, 1.82) is 0 Å². The fraction of sp³-hybridized carbons (Fsp3) is 0.500. The molecule has 0 aromatic heterocycles. The highest BCUT2D eigenvalue weighted by molar-refractivity contribution is 5.97. The predicted octanol–water partition coefficient (Wildman–Crippen LogP) is 6.11. The number of halogens is 6. The Bertz CT molecular complexity index is 1250. The number of likely N-dealkylation sites (tertiary alicyclic amines) is 1. The molecule has 0 bridgehead atoms. The standard InChI is InChI=1S/C28H29F6N3O2/c1-17-5-3-4-6-23(17)37-18(2)36(16-19-7-8-19)25(39)26(37)9-11-35(12-10-26)24(38)20-13-21(27(29,30)31)15-22(14-20)28(32,33)34/h3-6,13-15,18-19H,7-12,16H2,1-2H3. The molecule has 2 aromatic carbocycles. The Kier molecular flexibility index (Phi) is 6.62. The largest absolute Gasteiger partial charge is 0.416 e. The van der Waals surface area contributed by atoms with E-state index in [9.17, 15) is 35.9 Å². The molecule has 2 heterocycles. The zero-order chi connectivity index (χ0) is 28.3. The van der Waals surface area contributed by atoms with Gasteiger partial charge in [0, 0.05) is 30.9 Å². The van der Waals surface area contributed by atoms with E-state index in [-0.39, 0.29) is 44.1 Å². The van der Waals surface area contributed by atoms with Crippen molar-refractivity contribution in [3.8, 4) is 0 Å². The van der Waals surface area contributed by atoms with Gasteiger partial charge in [-0.3, -0.25) is 9.59 Å². The van der Waals surface area contributed by atoms with Gasteiger partial charge in [0.15, 0.2) is 0 Å². The molecule has 1 atom stereocenters. The number of alkyl halides is 6. The lowest BCUT2D eigenvalue weighted by atomic mass is 9.84. The van der Waals surface area contributed by atoms with Crippen LogP contribution in [-0.4, -0.2) is 53.0 Å². The van der Waals surface area contributed by atoms with E-state index < -0.39 is 40.5 Å². The monoisotopic (exact) mass is 553 g/mol. The van der Waals surface area contributed by atoms with Crippen molar-refractivity contribution in [1.82, 2.24) is 9.80 Å². The molecule has 2 aliphatic heterocycles. The van der Waals surface area contributed by atoms with Gasteiger partial charge in [-0.1, -0.05) is 18.2 Å². The van der Waals surface area contributed by atoms with Crippen LogP contribution in [0, 0.1) is 12.8 Å². The maximum atomic E-state index is 13.9. The Morgan fingerprint density at radius 2 is 1.51 bits per heavy atom. The van der Waals surface area contributed by atoms with Crippen molar-refractivity contribution in [2.75, 3.05) is 24.5 Å². The van der Waals surface area contributed by atoms with Crippen LogP contribution in [0.5, 0.6) is 0 Å². The first-order chi connectivity index (χ1) is 18.2. The third-order valence-corrected chi connectivity index (χ3v) is 8.18. The molecule has 1 unspecified atom stereocenters. The number of hydrogen-bond donors (Lipinski definition) is 0. The third-order valence-electron chi connectivity index (χ3n) is 8.18. The summed E-state index contributed by atoms with van der Waals surface area (Å²) in [6, 6.07) is 8.62. The normalized spacial score (nSPS) is 21.7. The highest BCUT2D eigenvalue weighted by Gasteiger charge is 2.58. The van der Waals surface area contributed by atoms with Gasteiger partial charge < -0.3 is 14.7 Å². The number of benzene rings is 2. The number of hydrogen-bond acceptors (Lipinski definition) is 3. The molecule has 1 aliphatic carbocycles. The first-order valence-corrected chi connectivity index (χ1v) is 13.0. The summed E-state index contributed by atoms with van der Waals surface area (Å²) in [7, 11) is 0. The average molecular weight is 554 g/mol. The number of para-hydroxylation sites is 1. The molecule has 39 heavy (non-hydrogen) atoms. The Hall–Kier alpha value is -3.24. The van der Waals surface area contributed by atoms with Gasteiger partial charge in [0.1, 0.15) is 11.7 Å². The zero-order valence-electron chi connectivity index (χ0n) is 21.6. The molecular formula is C28H29F6N3O2. The number of rotatable bonds is 4. The average Bonchev–Trinajstić information content (AvgIpc) is 3.68. The van der Waals surface area contributed by atoms with Crippen molar-refractivity contribution < 1.29 is 35.9 Å². The Labute approximate surface area is 222 Å². The lowest BCUT2D eigenvalue weighted by Gasteiger charge is -2.45. The van der Waals surface area contributed by atoms with Gasteiger partial charge in [-0.15, -0.1) is 0 Å². The molecule has 11 heteroatoms. The zero-order valence-corrected chi connectivity index (χ0v) is 21.6. The quantitative estimate of drug-likeness (QED) is 0.429. The van der Waals surface area contributed by atoms with Crippen molar-refractivity contribution in [3.63, 3.8) is 0 Å². The van der Waals surface area contributed by atoms with Gasteiger partial charge in [0.05, 0.1) is 11.1 Å². The summed E-state index contributed by atoms with van der Waals surface area (Å²) < 4.78 is 80.1. The maximum Gasteiger partial charge on any atom is 0.416 e. The van der Waals surface area contributed by atoms with E-state index in [4.69, 9.17) is 0 Å². The molecule has 5 nitrogen and oxygen atoms in total. The van der Waals surface area contributed by atoms with Crippen LogP contribution in [0.1, 0.15) is 59.7 Å². The molecule has 1 spiro atoms. The number of piperidine rings is 1. The second kappa shape index (κ2) is 9.45. The van der Waals surface area contributed by atoms with Gasteiger partial charge in [-0.2, -0.15) is 26.3 Å². The number of amides is 2. The molecular weight excluding hydrogens is 524 g/mol. The molecule has 3 aliphatic rings. The summed E-state index contributed by atoms with van der Waals surface area (Å²) in [5, 5.41) is 0. The summed E-state index contributed by atoms with van der Waals surface area (Å²) in [5.74, 6) is -0.511. The third kappa shape index (κ3) is 4.96. The minimum Gasteiger partial charge on any atom is -0.338 e. The lowest BCUT2D eigenvalue weighted by Crippen LogP contribution is -2.58. The van der Waals surface area contributed by atoms with Crippen LogP contribution >= 0.6 is 0 Å². The van der Waals surface area contributed by atoms with Crippen molar-refractivity contribution in [3.05, 3.63) is 64.7 Å². The van der Waals surface area contributed by atoms with Gasteiger partial charge in [0.25, 0.3) is 5.91 Å². The number of carbonyl (C=O) groups is 2. The molecule has 3 fully saturated rings. The van der Waals surface area contributed by atoms with Crippen LogP contribution in [0.3, 0.4) is 0 Å². The lowest BCUT2D eigenvalue weighted by molar-refractivity contribution is -0.143. The molecule has 2 aromatic rings. The first kappa shape index (κ1) is 27.3. The molecule has 0 radical (unpaired) electrons. The Morgan fingerprint density at radius 1 is 0.949 bits per heavy atom. The fourth-order valence-electron chi connectivity index (χ4n) is 5.91. The Balaban J connectivity index is 1.44. The van der Waals surface area contributed by atoms with Crippen LogP contribution in [0.25, 0.3) is 0 Å². The van der Waals surface area contributed by atoms with E-state index in [1.807, 2.05) is 43.0 Å². The Morgan fingerprint density at radius 3 is 2.03 bits per heavy atom. The molecule has 0 N–H and O–H groups in total. The molecule has 2 saturated heterocycles. The number of anilines is 1. The summed E-state index contributed by atoms with van der Waals surface area (Å²) in [4.78, 5) is 32.4. The summed E-state index contributed by atoms with van der Waals surface area (Å²) in [5.41, 5.74) is -2.82. The molecule has 210 valence electrons. The molecule has 5 rings (SSSR count). The summed E-state index contributed by atoms with van der Waals surface area (Å²) >= 11 is 0. The fourth-order valence-corrected chi connectivity index (χ4v) is 5.91. The van der Waals surface area contributed by atoms with E-state index in [0.717, 1.165) is 24.1 Å². The van der Waals surface area contributed by atoms with E-state index in [1.54, 1.807) is 0 Å². The van der Waals surface area contributed by atoms with Crippen molar-refractivity contribution in [2.24, 2.45) is 5.92 Å². The highest BCUT2D eigenvalue weighted by Crippen LogP contribution is 2.45. The predicted molar refractivity (Wildman–Crippen MR) is 132 cm³/mol. The van der Waals surface area contributed by atoms with Gasteiger partial charge >= 0.3 is 12.4 Å². The van der Waals surface area contributed by atoms with Gasteiger partial charge in [-0.05, 0) is 75.3 Å². The number of nitrogens with zero attached hydrogens (tertiary/aromatic N) is 3. The van der Waals surface area contributed by atoms with Gasteiger partial charge in [-0.25, -0.2) is 0 Å². The number of aryl methyl sites for hydroxylation is 1. The highest BCUT2D eigenvalue weighted by atomic mass is 19.4. The van der Waals surface area contributed by atoms with Crippen LogP contribution < -0.4 is 4.90 Å². The van der Waals surface area contributed by atoms with E-state index in [2.05, 4.69) is 4.90 Å². The SMILES string of the molecule is Cc1ccccc1N1C(C)N(CC2CC2)C(=O)C12CCN(C(=O)c1cc(C(F)(F)F)cc(C(F)(F)F)c1)CC2. The summed E-state index contributed by atoms with van der Waals surface area (Å²) in [6.45, 7) is 4.61. The second-order valence-corrected chi connectivity index (χ2v) is 10.8. The van der Waals surface area contributed by atoms with Crippen molar-refractivity contribution >= 4 is 17.5 Å². The molecule has 2 amide bonds. The minimum absolute atomic E-state index is 0.00901.